The topological polar surface area (TPSA) is 70.5 Å². The molecule has 1 aromatic heterocycles. The molecule has 2 aromatic carbocycles. The highest BCUT2D eigenvalue weighted by atomic mass is 16.2. The van der Waals surface area contributed by atoms with E-state index in [1.807, 2.05) is 59.3 Å². The number of para-hydroxylation sites is 1. The molecular formula is C28H33N5O2. The fourth-order valence-corrected chi connectivity index (χ4v) is 5.13. The van der Waals surface area contributed by atoms with Crippen molar-refractivity contribution in [3.8, 4) is 5.69 Å². The van der Waals surface area contributed by atoms with Gasteiger partial charge in [0.25, 0.3) is 0 Å². The number of nitrogens with one attached hydrogen (secondary N) is 1. The molecule has 2 fully saturated rings. The number of ketones is 1. The van der Waals surface area contributed by atoms with Crippen LogP contribution in [-0.2, 0) is 4.79 Å². The van der Waals surface area contributed by atoms with Crippen LogP contribution >= 0.6 is 0 Å². The van der Waals surface area contributed by atoms with E-state index in [1.165, 1.54) is 25.7 Å². The number of anilines is 2. The predicted molar refractivity (Wildman–Crippen MR) is 139 cm³/mol. The largest absolute Gasteiger partial charge is 0.369 e. The van der Waals surface area contributed by atoms with E-state index in [9.17, 15) is 9.59 Å². The molecule has 0 spiro atoms. The van der Waals surface area contributed by atoms with Crippen molar-refractivity contribution in [2.45, 2.75) is 38.5 Å². The number of amides is 1. The molecule has 1 aliphatic carbocycles. The number of carbonyl (C=O) groups excluding carboxylic acids is 2. The molecule has 7 heteroatoms. The Morgan fingerprint density at radius 1 is 0.914 bits per heavy atom. The van der Waals surface area contributed by atoms with Gasteiger partial charge in [0, 0.05) is 49.4 Å². The zero-order valence-electron chi connectivity index (χ0n) is 20.3. The molecule has 1 saturated heterocycles. The minimum Gasteiger partial charge on any atom is -0.369 e. The first-order valence-electron chi connectivity index (χ1n) is 12.6. The second kappa shape index (κ2) is 10.4. The van der Waals surface area contributed by atoms with Gasteiger partial charge in [-0.25, -0.2) is 4.68 Å². The van der Waals surface area contributed by atoms with E-state index in [0.717, 1.165) is 54.6 Å². The quantitative estimate of drug-likeness (QED) is 0.514. The van der Waals surface area contributed by atoms with Gasteiger partial charge in [-0.1, -0.05) is 31.0 Å². The monoisotopic (exact) mass is 471 g/mol. The minimum atomic E-state index is -0.0145. The van der Waals surface area contributed by atoms with Crippen molar-refractivity contribution in [1.29, 1.82) is 0 Å². The summed E-state index contributed by atoms with van der Waals surface area (Å²) < 4.78 is 1.87. The van der Waals surface area contributed by atoms with Crippen molar-refractivity contribution < 1.29 is 9.59 Å². The Kier molecular flexibility index (Phi) is 6.95. The van der Waals surface area contributed by atoms with Crippen molar-refractivity contribution in [3.05, 3.63) is 71.9 Å². The van der Waals surface area contributed by atoms with Crippen LogP contribution in [0.4, 0.5) is 11.5 Å². The summed E-state index contributed by atoms with van der Waals surface area (Å²) in [4.78, 5) is 29.0. The van der Waals surface area contributed by atoms with E-state index in [4.69, 9.17) is 5.10 Å². The van der Waals surface area contributed by atoms with E-state index in [0.29, 0.717) is 12.5 Å². The number of Topliss-reactive ketones (excluding diaryl/α,β-unsaturated/α-hetero) is 1. The molecule has 0 bridgehead atoms. The van der Waals surface area contributed by atoms with Crippen molar-refractivity contribution >= 4 is 23.2 Å². The fraction of sp³-hybridized carbons (Fsp3) is 0.393. The summed E-state index contributed by atoms with van der Waals surface area (Å²) in [5.74, 6) is 1.29. The minimum absolute atomic E-state index is 0.0145. The first kappa shape index (κ1) is 23.3. The number of hydrogen-bond donors (Lipinski definition) is 1. The lowest BCUT2D eigenvalue weighted by atomic mass is 10.0. The summed E-state index contributed by atoms with van der Waals surface area (Å²) in [7, 11) is 0. The molecule has 2 aliphatic rings. The van der Waals surface area contributed by atoms with Gasteiger partial charge < -0.3 is 10.2 Å². The van der Waals surface area contributed by atoms with Crippen LogP contribution in [0.3, 0.4) is 0 Å². The molecule has 0 unspecified atom stereocenters. The number of piperazine rings is 1. The number of hydrogen-bond acceptors (Lipinski definition) is 5. The normalized spacial score (nSPS) is 17.0. The van der Waals surface area contributed by atoms with Crippen molar-refractivity contribution in [2.24, 2.45) is 0 Å². The molecule has 1 amide bonds. The summed E-state index contributed by atoms with van der Waals surface area (Å²) >= 11 is 0. The molecule has 1 saturated carbocycles. The molecule has 182 valence electrons. The Labute approximate surface area is 206 Å². The second-order valence-electron chi connectivity index (χ2n) is 9.60. The van der Waals surface area contributed by atoms with Gasteiger partial charge in [0.2, 0.25) is 5.91 Å². The summed E-state index contributed by atoms with van der Waals surface area (Å²) in [5.41, 5.74) is 3.88. The highest BCUT2D eigenvalue weighted by molar-refractivity contribution is 5.94. The first-order valence-corrected chi connectivity index (χ1v) is 12.6. The van der Waals surface area contributed by atoms with Crippen LogP contribution in [0.2, 0.25) is 0 Å². The third-order valence-corrected chi connectivity index (χ3v) is 7.15. The molecular weight excluding hydrogens is 438 g/mol. The van der Waals surface area contributed by atoms with E-state index < -0.39 is 0 Å². The third kappa shape index (κ3) is 5.46. The highest BCUT2D eigenvalue weighted by Crippen LogP contribution is 2.35. The maximum absolute atomic E-state index is 13.0. The SMILES string of the molecule is CC(=O)c1ccc(N2CCN(CC(=O)Nc3cc(C4CCCC4)nn3-c3ccccc3)CC2)cc1. The number of aromatic nitrogens is 2. The highest BCUT2D eigenvalue weighted by Gasteiger charge is 2.24. The van der Waals surface area contributed by atoms with E-state index in [1.54, 1.807) is 6.92 Å². The number of rotatable bonds is 7. The molecule has 35 heavy (non-hydrogen) atoms. The van der Waals surface area contributed by atoms with Crippen LogP contribution < -0.4 is 10.2 Å². The third-order valence-electron chi connectivity index (χ3n) is 7.15. The molecule has 0 atom stereocenters. The van der Waals surface area contributed by atoms with Crippen LogP contribution in [0.25, 0.3) is 5.69 Å². The lowest BCUT2D eigenvalue weighted by molar-refractivity contribution is -0.117. The number of benzene rings is 2. The molecule has 3 aromatic rings. The van der Waals surface area contributed by atoms with Crippen molar-refractivity contribution in [1.82, 2.24) is 14.7 Å². The van der Waals surface area contributed by atoms with Gasteiger partial charge in [0.15, 0.2) is 5.78 Å². The van der Waals surface area contributed by atoms with Crippen LogP contribution in [-0.4, -0.2) is 59.1 Å². The molecule has 0 radical (unpaired) electrons. The van der Waals surface area contributed by atoms with Gasteiger partial charge in [0.1, 0.15) is 5.82 Å². The summed E-state index contributed by atoms with van der Waals surface area (Å²) in [6.07, 6.45) is 4.83. The lowest BCUT2D eigenvalue weighted by Gasteiger charge is -2.35. The fourth-order valence-electron chi connectivity index (χ4n) is 5.13. The molecule has 2 heterocycles. The first-order chi connectivity index (χ1) is 17.1. The molecule has 7 nitrogen and oxygen atoms in total. The van der Waals surface area contributed by atoms with Gasteiger partial charge >= 0.3 is 0 Å². The van der Waals surface area contributed by atoms with E-state index >= 15 is 0 Å². The Morgan fingerprint density at radius 2 is 1.60 bits per heavy atom. The number of nitrogens with zero attached hydrogens (tertiary/aromatic N) is 4. The Morgan fingerprint density at radius 3 is 2.26 bits per heavy atom. The molecule has 1 N–H and O–H groups in total. The Balaban J connectivity index is 1.21. The van der Waals surface area contributed by atoms with Gasteiger partial charge in [0.05, 0.1) is 17.9 Å². The maximum atomic E-state index is 13.0. The van der Waals surface area contributed by atoms with E-state index in [2.05, 4.69) is 21.2 Å². The van der Waals surface area contributed by atoms with Crippen LogP contribution in [0.1, 0.15) is 54.6 Å². The Hall–Kier alpha value is -3.45. The van der Waals surface area contributed by atoms with Gasteiger partial charge in [-0.3, -0.25) is 14.5 Å². The van der Waals surface area contributed by atoms with Gasteiger partial charge in [-0.05, 0) is 56.2 Å². The summed E-state index contributed by atoms with van der Waals surface area (Å²) in [6.45, 7) is 5.26. The average Bonchev–Trinajstić information content (AvgIpc) is 3.55. The summed E-state index contributed by atoms with van der Waals surface area (Å²) in [6, 6.07) is 19.8. The number of carbonyl (C=O) groups is 2. The maximum Gasteiger partial charge on any atom is 0.239 e. The van der Waals surface area contributed by atoms with Crippen LogP contribution in [0, 0.1) is 0 Å². The Bertz CT molecular complexity index is 1160. The van der Waals surface area contributed by atoms with Crippen LogP contribution in [0.15, 0.2) is 60.7 Å². The lowest BCUT2D eigenvalue weighted by Crippen LogP contribution is -2.48. The smallest absolute Gasteiger partial charge is 0.239 e. The summed E-state index contributed by atoms with van der Waals surface area (Å²) in [5, 5.41) is 8.02. The van der Waals surface area contributed by atoms with E-state index in [-0.39, 0.29) is 11.7 Å². The molecule has 5 rings (SSSR count). The zero-order valence-corrected chi connectivity index (χ0v) is 20.3. The zero-order chi connectivity index (χ0) is 24.2. The standard InChI is InChI=1S/C28H33N5O2/c1-21(34)22-11-13-24(14-12-22)32-17-15-31(16-18-32)20-28(35)29-27-19-26(23-7-5-6-8-23)30-33(27)25-9-3-2-4-10-25/h2-4,9-14,19,23H,5-8,15-18,20H2,1H3,(H,29,35). The van der Waals surface area contributed by atoms with Gasteiger partial charge in [-0.2, -0.15) is 5.10 Å². The predicted octanol–water partition coefficient (Wildman–Crippen LogP) is 4.49. The van der Waals surface area contributed by atoms with Crippen LogP contribution in [0.5, 0.6) is 0 Å². The average molecular weight is 472 g/mol. The van der Waals surface area contributed by atoms with Crippen molar-refractivity contribution in [3.63, 3.8) is 0 Å². The van der Waals surface area contributed by atoms with Gasteiger partial charge in [-0.15, -0.1) is 0 Å². The second-order valence-corrected chi connectivity index (χ2v) is 9.60. The van der Waals surface area contributed by atoms with Crippen molar-refractivity contribution in [2.75, 3.05) is 42.9 Å². The molecule has 1 aliphatic heterocycles.